The van der Waals surface area contributed by atoms with Crippen LogP contribution in [-0.4, -0.2) is 23.1 Å². The van der Waals surface area contributed by atoms with E-state index < -0.39 is 0 Å². The van der Waals surface area contributed by atoms with E-state index in [0.29, 0.717) is 0 Å². The Bertz CT molecular complexity index is 8.00. The van der Waals surface area contributed by atoms with Crippen LogP contribution in [0.3, 0.4) is 0 Å². The van der Waals surface area contributed by atoms with Gasteiger partial charge in [0.05, 0.1) is 0 Å². The van der Waals surface area contributed by atoms with E-state index in [9.17, 15) is 0 Å². The van der Waals surface area contributed by atoms with Gasteiger partial charge in [-0.1, -0.05) is 0 Å². The molecule has 0 atom stereocenters. The standard InChI is InChI=1S/Cu.Fe.La.Mg.2H. The van der Waals surface area contributed by atoms with Crippen LogP contribution in [-0.2, 0) is 34.1 Å². The third-order valence-electron chi connectivity index (χ3n) is 0. The second kappa shape index (κ2) is 16.7. The summed E-state index contributed by atoms with van der Waals surface area (Å²) in [4.78, 5) is 0. The zero-order valence-corrected chi connectivity index (χ0v) is 6.90. The van der Waals surface area contributed by atoms with Crippen molar-refractivity contribution < 1.29 is 69.7 Å². The van der Waals surface area contributed by atoms with Crippen LogP contribution in [0.25, 0.3) is 0 Å². The molecule has 0 aromatic rings. The normalized spacial score (nSPS) is 0. The van der Waals surface area contributed by atoms with Gasteiger partial charge in [0.2, 0.25) is 0 Å². The van der Waals surface area contributed by atoms with E-state index in [2.05, 4.69) is 0 Å². The monoisotopic (exact) mass is 284 g/mol. The first-order valence-corrected chi connectivity index (χ1v) is 0. The SMILES string of the molecule is [Cu].[Fe].[La].[MgH2]. The van der Waals surface area contributed by atoms with Crippen LogP contribution < -0.4 is 0 Å². The summed E-state index contributed by atoms with van der Waals surface area (Å²) >= 11 is 0. The smallest absolute Gasteiger partial charge is 0 e. The van der Waals surface area contributed by atoms with Crippen molar-refractivity contribution in [1.29, 1.82) is 0 Å². The summed E-state index contributed by atoms with van der Waals surface area (Å²) in [6, 6.07) is 0. The topological polar surface area (TPSA) is 0 Å². The molecule has 0 aromatic heterocycles. The summed E-state index contributed by atoms with van der Waals surface area (Å²) in [6.45, 7) is 0. The van der Waals surface area contributed by atoms with Gasteiger partial charge in [-0.3, -0.25) is 0 Å². The first-order valence-electron chi connectivity index (χ1n) is 0. The predicted molar refractivity (Wildman–Crippen MR) is 8.54 cm³/mol. The quantitative estimate of drug-likeness (QED) is 0.505. The first kappa shape index (κ1) is 28.0. The summed E-state index contributed by atoms with van der Waals surface area (Å²) in [5, 5.41) is 0. The number of hydrogen-bond acceptors (Lipinski definition) is 0. The van der Waals surface area contributed by atoms with Gasteiger partial charge in [-0.15, -0.1) is 0 Å². The van der Waals surface area contributed by atoms with E-state index in [1.165, 1.54) is 0 Å². The summed E-state index contributed by atoms with van der Waals surface area (Å²) in [5.74, 6) is 0. The van der Waals surface area contributed by atoms with Crippen molar-refractivity contribution in [3.8, 4) is 0 Å². The summed E-state index contributed by atoms with van der Waals surface area (Å²) < 4.78 is 0. The van der Waals surface area contributed by atoms with Gasteiger partial charge in [-0.25, -0.2) is 0 Å². The maximum atomic E-state index is 0. The van der Waals surface area contributed by atoms with Gasteiger partial charge in [0.1, 0.15) is 0 Å². The molecule has 0 bridgehead atoms. The molecular formula is H2CuFeLaMg. The summed E-state index contributed by atoms with van der Waals surface area (Å²) in [6.07, 6.45) is 0. The first-order chi connectivity index (χ1) is 0. The average molecular weight is 285 g/mol. The maximum Gasteiger partial charge on any atom is 0.316 e. The fourth-order valence-corrected chi connectivity index (χ4v) is 0. The van der Waals surface area contributed by atoms with Crippen molar-refractivity contribution in [3.05, 3.63) is 0 Å². The second-order valence-electron chi connectivity index (χ2n) is 0. The predicted octanol–water partition coefficient (Wildman–Crippen LogP) is -0.921. The van der Waals surface area contributed by atoms with Gasteiger partial charge in [0, 0.05) is 69.7 Å². The minimum Gasteiger partial charge on any atom is 0 e. The van der Waals surface area contributed by atoms with Crippen molar-refractivity contribution in [2.24, 2.45) is 0 Å². The van der Waals surface area contributed by atoms with Crippen molar-refractivity contribution in [2.75, 3.05) is 0 Å². The largest absolute Gasteiger partial charge is 0.316 e. The molecule has 0 N–H and O–H groups in total. The molecule has 0 aliphatic heterocycles. The molecule has 0 unspecified atom stereocenters. The Morgan fingerprint density at radius 1 is 1.00 bits per heavy atom. The molecule has 0 heterocycles. The van der Waals surface area contributed by atoms with Crippen molar-refractivity contribution >= 4 is 23.1 Å². The fraction of sp³-hybridized carbons (Fsp3) is 0. The molecule has 0 saturated carbocycles. The van der Waals surface area contributed by atoms with Crippen molar-refractivity contribution in [1.82, 2.24) is 0 Å². The Hall–Kier alpha value is 3.00. The van der Waals surface area contributed by atoms with Gasteiger partial charge in [-0.2, -0.15) is 0 Å². The molecule has 26 valence electrons. The molecule has 0 spiro atoms. The molecule has 0 aliphatic carbocycles. The van der Waals surface area contributed by atoms with Crippen LogP contribution in [0.15, 0.2) is 0 Å². The van der Waals surface area contributed by atoms with E-state index in [4.69, 9.17) is 0 Å². The molecule has 0 aliphatic rings. The Morgan fingerprint density at radius 3 is 1.00 bits per heavy atom. The molecule has 2 radical (unpaired) electrons. The van der Waals surface area contributed by atoms with Gasteiger partial charge < -0.3 is 0 Å². The Balaban J connectivity index is 0. The molecule has 0 saturated heterocycles. The molecule has 0 fully saturated rings. The zero-order valence-electron chi connectivity index (χ0n) is 1.23. The van der Waals surface area contributed by atoms with Crippen LogP contribution in [0.4, 0.5) is 0 Å². The molecule has 0 amide bonds. The Kier molecular flexibility index (Phi) is 117. The molecule has 0 aromatic carbocycles. The van der Waals surface area contributed by atoms with Crippen molar-refractivity contribution in [2.45, 2.75) is 0 Å². The van der Waals surface area contributed by atoms with E-state index >= 15 is 0 Å². The molecule has 0 rings (SSSR count). The van der Waals surface area contributed by atoms with Crippen LogP contribution in [0, 0.1) is 35.6 Å². The third kappa shape index (κ3) is 8.89. The third-order valence-corrected chi connectivity index (χ3v) is 0. The molecular weight excluding hydrogens is 283 g/mol. The van der Waals surface area contributed by atoms with Crippen LogP contribution >= 0.6 is 0 Å². The van der Waals surface area contributed by atoms with Crippen LogP contribution in [0.1, 0.15) is 0 Å². The van der Waals surface area contributed by atoms with E-state index in [1.807, 2.05) is 0 Å². The van der Waals surface area contributed by atoms with Gasteiger partial charge in [-0.05, 0) is 0 Å². The Labute approximate surface area is 90.9 Å². The van der Waals surface area contributed by atoms with Crippen LogP contribution in [0.5, 0.6) is 0 Å². The minimum absolute atomic E-state index is 0. The maximum absolute atomic E-state index is 0. The van der Waals surface area contributed by atoms with E-state index in [-0.39, 0.29) is 92.8 Å². The van der Waals surface area contributed by atoms with E-state index in [0.717, 1.165) is 0 Å². The molecule has 4 heavy (non-hydrogen) atoms. The van der Waals surface area contributed by atoms with Gasteiger partial charge in [0.25, 0.3) is 0 Å². The zero-order chi connectivity index (χ0) is 0. The number of hydrogen-bond donors (Lipinski definition) is 0. The average Bonchev–Trinajstić information content (AvgIpc) is 0. The van der Waals surface area contributed by atoms with Gasteiger partial charge in [0.15, 0.2) is 0 Å². The molecule has 4 heteroatoms. The van der Waals surface area contributed by atoms with E-state index in [1.54, 1.807) is 0 Å². The summed E-state index contributed by atoms with van der Waals surface area (Å²) in [5.41, 5.74) is 0. The molecule has 0 nitrogen and oxygen atoms in total. The van der Waals surface area contributed by atoms with Crippen LogP contribution in [0.2, 0.25) is 0 Å². The number of rotatable bonds is 0. The Morgan fingerprint density at radius 2 is 1.00 bits per heavy atom. The summed E-state index contributed by atoms with van der Waals surface area (Å²) in [7, 11) is 0. The fourth-order valence-electron chi connectivity index (χ4n) is 0. The minimum atomic E-state index is 0. The van der Waals surface area contributed by atoms with Crippen molar-refractivity contribution in [3.63, 3.8) is 0 Å². The second-order valence-corrected chi connectivity index (χ2v) is 0. The van der Waals surface area contributed by atoms with Gasteiger partial charge >= 0.3 is 23.1 Å².